The number of thioether (sulfide) groups is 1. The number of hydrogen-bond acceptors (Lipinski definition) is 4. The molecule has 1 aromatic rings. The summed E-state index contributed by atoms with van der Waals surface area (Å²) in [5, 5.41) is 9.79. The first-order valence-corrected chi connectivity index (χ1v) is 6.81. The molecule has 2 heterocycles. The van der Waals surface area contributed by atoms with Crippen LogP contribution in [0.3, 0.4) is 0 Å². The minimum absolute atomic E-state index is 0.0215. The van der Waals surface area contributed by atoms with Crippen molar-refractivity contribution in [1.82, 2.24) is 4.98 Å². The Morgan fingerprint density at radius 3 is 3.19 bits per heavy atom. The number of aliphatic hydroxyl groups excluding tert-OH is 1. The van der Waals surface area contributed by atoms with Gasteiger partial charge in [0.05, 0.1) is 12.3 Å². The minimum Gasteiger partial charge on any atom is -0.390 e. The third-order valence-corrected chi connectivity index (χ3v) is 4.24. The van der Waals surface area contributed by atoms with E-state index in [4.69, 9.17) is 5.11 Å². The van der Waals surface area contributed by atoms with Gasteiger partial charge < -0.3 is 10.0 Å². The molecule has 0 aromatic carbocycles. The van der Waals surface area contributed by atoms with Gasteiger partial charge in [-0.25, -0.2) is 4.98 Å². The van der Waals surface area contributed by atoms with Gasteiger partial charge in [0.25, 0.3) is 0 Å². The topological polar surface area (TPSA) is 36.4 Å². The van der Waals surface area contributed by atoms with Crippen LogP contribution in [0.4, 0.5) is 5.82 Å². The zero-order valence-electron chi connectivity index (χ0n) is 9.59. The molecular formula is C12H18N2OS. The average molecular weight is 238 g/mol. The molecule has 3 nitrogen and oxygen atoms in total. The molecule has 0 amide bonds. The van der Waals surface area contributed by atoms with E-state index in [0.717, 1.165) is 24.6 Å². The Labute approximate surface area is 101 Å². The highest BCUT2D eigenvalue weighted by Gasteiger charge is 2.19. The zero-order valence-corrected chi connectivity index (χ0v) is 10.4. The zero-order chi connectivity index (χ0) is 11.4. The highest BCUT2D eigenvalue weighted by molar-refractivity contribution is 8.00. The molecule has 1 atom stereocenters. The fourth-order valence-electron chi connectivity index (χ4n) is 1.91. The Hall–Kier alpha value is -0.740. The van der Waals surface area contributed by atoms with Gasteiger partial charge in [-0.05, 0) is 18.6 Å². The van der Waals surface area contributed by atoms with E-state index < -0.39 is 0 Å². The predicted octanol–water partition coefficient (Wildman–Crippen LogP) is 1.91. The van der Waals surface area contributed by atoms with Crippen LogP contribution in [-0.4, -0.2) is 34.2 Å². The van der Waals surface area contributed by atoms with Crippen LogP contribution in [0.2, 0.25) is 0 Å². The summed E-state index contributed by atoms with van der Waals surface area (Å²) in [6, 6.07) is 5.86. The van der Waals surface area contributed by atoms with Crippen LogP contribution < -0.4 is 4.90 Å². The molecule has 88 valence electrons. The van der Waals surface area contributed by atoms with Crippen LogP contribution in [0.5, 0.6) is 0 Å². The van der Waals surface area contributed by atoms with Crippen LogP contribution >= 0.6 is 11.8 Å². The lowest BCUT2D eigenvalue weighted by Gasteiger charge is -2.32. The third-order valence-electron chi connectivity index (χ3n) is 2.87. The number of rotatable bonds is 3. The van der Waals surface area contributed by atoms with Crippen molar-refractivity contribution >= 4 is 17.6 Å². The molecular weight excluding hydrogens is 220 g/mol. The second-order valence-corrected chi connectivity index (χ2v) is 5.40. The Bertz CT molecular complexity index is 346. The molecule has 1 aromatic heterocycles. The van der Waals surface area contributed by atoms with Crippen LogP contribution in [0.25, 0.3) is 0 Å². The predicted molar refractivity (Wildman–Crippen MR) is 68.9 cm³/mol. The van der Waals surface area contributed by atoms with Crippen molar-refractivity contribution in [3.8, 4) is 0 Å². The Morgan fingerprint density at radius 2 is 2.44 bits per heavy atom. The second-order valence-electron chi connectivity index (χ2n) is 3.99. The van der Waals surface area contributed by atoms with E-state index in [1.807, 2.05) is 18.2 Å². The fourth-order valence-corrected chi connectivity index (χ4v) is 3.09. The third kappa shape index (κ3) is 2.68. The summed E-state index contributed by atoms with van der Waals surface area (Å²) in [6.45, 7) is 4.39. The van der Waals surface area contributed by atoms with Gasteiger partial charge in [0.15, 0.2) is 0 Å². The number of aliphatic hydroxyl groups is 1. The maximum atomic E-state index is 9.07. The van der Waals surface area contributed by atoms with Gasteiger partial charge in [-0.3, -0.25) is 0 Å². The van der Waals surface area contributed by atoms with Gasteiger partial charge in [0, 0.05) is 24.1 Å². The normalized spacial score (nSPS) is 21.1. The largest absolute Gasteiger partial charge is 0.390 e. The van der Waals surface area contributed by atoms with E-state index in [2.05, 4.69) is 28.6 Å². The maximum Gasteiger partial charge on any atom is 0.128 e. The molecule has 1 fully saturated rings. The molecule has 1 unspecified atom stereocenters. The van der Waals surface area contributed by atoms with E-state index in [0.29, 0.717) is 5.25 Å². The van der Waals surface area contributed by atoms with E-state index in [1.165, 1.54) is 12.2 Å². The Kier molecular flexibility index (Phi) is 4.07. The van der Waals surface area contributed by atoms with Crippen molar-refractivity contribution < 1.29 is 5.11 Å². The molecule has 1 N–H and O–H groups in total. The first-order valence-electron chi connectivity index (χ1n) is 5.77. The van der Waals surface area contributed by atoms with Crippen molar-refractivity contribution in [2.24, 2.45) is 0 Å². The van der Waals surface area contributed by atoms with Crippen molar-refractivity contribution in [2.75, 3.05) is 23.7 Å². The SMILES string of the molecule is CCC1CN(c2cccc(CO)n2)CCS1. The minimum atomic E-state index is 0.0215. The molecule has 0 spiro atoms. The first-order chi connectivity index (χ1) is 7.83. The Balaban J connectivity index is 2.10. The van der Waals surface area contributed by atoms with Crippen molar-refractivity contribution in [1.29, 1.82) is 0 Å². The summed E-state index contributed by atoms with van der Waals surface area (Å²) in [6.07, 6.45) is 1.21. The molecule has 4 heteroatoms. The first kappa shape index (κ1) is 11.7. The van der Waals surface area contributed by atoms with Gasteiger partial charge in [-0.2, -0.15) is 11.8 Å². The Morgan fingerprint density at radius 1 is 1.56 bits per heavy atom. The van der Waals surface area contributed by atoms with Crippen LogP contribution in [-0.2, 0) is 6.61 Å². The number of aromatic nitrogens is 1. The summed E-state index contributed by atoms with van der Waals surface area (Å²) in [7, 11) is 0. The molecule has 2 rings (SSSR count). The molecule has 1 aliphatic heterocycles. The molecule has 0 saturated carbocycles. The lowest BCUT2D eigenvalue weighted by atomic mass is 10.3. The number of nitrogens with zero attached hydrogens (tertiary/aromatic N) is 2. The molecule has 0 radical (unpaired) electrons. The fraction of sp³-hybridized carbons (Fsp3) is 0.583. The monoisotopic (exact) mass is 238 g/mol. The molecule has 0 aliphatic carbocycles. The molecule has 1 saturated heterocycles. The average Bonchev–Trinajstić information content (AvgIpc) is 2.39. The van der Waals surface area contributed by atoms with Gasteiger partial charge >= 0.3 is 0 Å². The maximum absolute atomic E-state index is 9.07. The molecule has 1 aliphatic rings. The standard InChI is InChI=1S/C12H18N2OS/c1-2-11-8-14(6-7-16-11)12-5-3-4-10(9-15)13-12/h3-5,11,15H,2,6-9H2,1H3. The highest BCUT2D eigenvalue weighted by atomic mass is 32.2. The summed E-state index contributed by atoms with van der Waals surface area (Å²) in [4.78, 5) is 6.77. The summed E-state index contributed by atoms with van der Waals surface area (Å²) < 4.78 is 0. The lowest BCUT2D eigenvalue weighted by Crippen LogP contribution is -2.38. The van der Waals surface area contributed by atoms with Crippen LogP contribution in [0, 0.1) is 0 Å². The van der Waals surface area contributed by atoms with E-state index in [9.17, 15) is 0 Å². The van der Waals surface area contributed by atoms with Gasteiger partial charge in [0.1, 0.15) is 5.82 Å². The van der Waals surface area contributed by atoms with Gasteiger partial charge in [0.2, 0.25) is 0 Å². The second kappa shape index (κ2) is 5.55. The van der Waals surface area contributed by atoms with Gasteiger partial charge in [-0.1, -0.05) is 13.0 Å². The molecule has 0 bridgehead atoms. The number of hydrogen-bond donors (Lipinski definition) is 1. The van der Waals surface area contributed by atoms with Crippen molar-refractivity contribution in [2.45, 2.75) is 25.2 Å². The quantitative estimate of drug-likeness (QED) is 0.872. The van der Waals surface area contributed by atoms with Gasteiger partial charge in [-0.15, -0.1) is 0 Å². The van der Waals surface area contributed by atoms with Crippen molar-refractivity contribution in [3.63, 3.8) is 0 Å². The molecule has 16 heavy (non-hydrogen) atoms. The highest BCUT2D eigenvalue weighted by Crippen LogP contribution is 2.24. The van der Waals surface area contributed by atoms with Crippen LogP contribution in [0.1, 0.15) is 19.0 Å². The lowest BCUT2D eigenvalue weighted by molar-refractivity contribution is 0.277. The van der Waals surface area contributed by atoms with E-state index in [1.54, 1.807) is 0 Å². The number of pyridine rings is 1. The summed E-state index contributed by atoms with van der Waals surface area (Å²) in [5.74, 6) is 2.18. The smallest absolute Gasteiger partial charge is 0.128 e. The van der Waals surface area contributed by atoms with Crippen molar-refractivity contribution in [3.05, 3.63) is 23.9 Å². The van der Waals surface area contributed by atoms with E-state index in [-0.39, 0.29) is 6.61 Å². The summed E-state index contributed by atoms with van der Waals surface area (Å²) >= 11 is 2.05. The van der Waals surface area contributed by atoms with E-state index >= 15 is 0 Å². The number of anilines is 1. The summed E-state index contributed by atoms with van der Waals surface area (Å²) in [5.41, 5.74) is 0.753. The van der Waals surface area contributed by atoms with Crippen LogP contribution in [0.15, 0.2) is 18.2 Å².